The molecule has 0 aromatic rings. The van der Waals surface area contributed by atoms with Gasteiger partial charge in [0.2, 0.25) is 0 Å². The van der Waals surface area contributed by atoms with Crippen LogP contribution < -0.4 is 5.84 Å². The molecular formula is C9H19N3O2. The SMILES string of the molecule is CN(N)C1CN(C(=O)OC(C)(C)C)C1. The zero-order valence-corrected chi connectivity index (χ0v) is 9.28. The number of hydrazine groups is 1. The number of rotatable bonds is 1. The molecule has 0 saturated carbocycles. The quantitative estimate of drug-likeness (QED) is 0.493. The van der Waals surface area contributed by atoms with Crippen molar-refractivity contribution in [3.8, 4) is 0 Å². The molecule has 5 heteroatoms. The fourth-order valence-corrected chi connectivity index (χ4v) is 1.19. The summed E-state index contributed by atoms with van der Waals surface area (Å²) in [6, 6.07) is 0.266. The second-order valence-corrected chi connectivity index (χ2v) is 4.70. The summed E-state index contributed by atoms with van der Waals surface area (Å²) in [6.07, 6.45) is -0.254. The van der Waals surface area contributed by atoms with Gasteiger partial charge in [-0.05, 0) is 20.8 Å². The lowest BCUT2D eigenvalue weighted by atomic mass is 10.1. The van der Waals surface area contributed by atoms with Gasteiger partial charge in [-0.3, -0.25) is 5.84 Å². The lowest BCUT2D eigenvalue weighted by Crippen LogP contribution is -2.62. The van der Waals surface area contributed by atoms with Gasteiger partial charge in [-0.2, -0.15) is 0 Å². The van der Waals surface area contributed by atoms with Crippen molar-refractivity contribution in [1.29, 1.82) is 0 Å². The van der Waals surface area contributed by atoms with E-state index >= 15 is 0 Å². The monoisotopic (exact) mass is 201 g/mol. The second kappa shape index (κ2) is 3.74. The van der Waals surface area contributed by atoms with Crippen molar-refractivity contribution in [2.45, 2.75) is 32.4 Å². The van der Waals surface area contributed by atoms with Crippen LogP contribution in [0.2, 0.25) is 0 Å². The first-order valence-corrected chi connectivity index (χ1v) is 4.75. The van der Waals surface area contributed by atoms with Gasteiger partial charge in [-0.25, -0.2) is 9.80 Å². The van der Waals surface area contributed by atoms with E-state index in [1.54, 1.807) is 17.0 Å². The number of amides is 1. The van der Waals surface area contributed by atoms with Crippen LogP contribution in [0.15, 0.2) is 0 Å². The summed E-state index contributed by atoms with van der Waals surface area (Å²) >= 11 is 0. The number of nitrogens with two attached hydrogens (primary N) is 1. The Morgan fingerprint density at radius 3 is 2.36 bits per heavy atom. The zero-order chi connectivity index (χ0) is 10.9. The number of likely N-dealkylation sites (N-methyl/N-ethyl adjacent to an activating group) is 1. The molecule has 0 bridgehead atoms. The zero-order valence-electron chi connectivity index (χ0n) is 9.28. The molecule has 0 spiro atoms. The molecule has 0 aromatic heterocycles. The highest BCUT2D eigenvalue weighted by molar-refractivity contribution is 5.69. The van der Waals surface area contributed by atoms with Crippen LogP contribution >= 0.6 is 0 Å². The lowest BCUT2D eigenvalue weighted by Gasteiger charge is -2.42. The molecule has 2 N–H and O–H groups in total. The predicted octanol–water partition coefficient (Wildman–Crippen LogP) is 0.411. The third kappa shape index (κ3) is 2.85. The van der Waals surface area contributed by atoms with Crippen molar-refractivity contribution < 1.29 is 9.53 Å². The van der Waals surface area contributed by atoms with Gasteiger partial charge in [0, 0.05) is 20.1 Å². The van der Waals surface area contributed by atoms with E-state index in [0.717, 1.165) is 0 Å². The van der Waals surface area contributed by atoms with Crippen molar-refractivity contribution in [2.75, 3.05) is 20.1 Å². The van der Waals surface area contributed by atoms with Crippen molar-refractivity contribution in [3.05, 3.63) is 0 Å². The third-order valence-corrected chi connectivity index (χ3v) is 2.09. The van der Waals surface area contributed by atoms with Crippen LogP contribution in [0.25, 0.3) is 0 Å². The van der Waals surface area contributed by atoms with Crippen LogP contribution in [0.4, 0.5) is 4.79 Å². The van der Waals surface area contributed by atoms with Crippen LogP contribution in [-0.2, 0) is 4.74 Å². The smallest absolute Gasteiger partial charge is 0.410 e. The van der Waals surface area contributed by atoms with E-state index in [1.807, 2.05) is 20.8 Å². The highest BCUT2D eigenvalue weighted by atomic mass is 16.6. The fourth-order valence-electron chi connectivity index (χ4n) is 1.19. The fraction of sp³-hybridized carbons (Fsp3) is 0.889. The molecule has 0 radical (unpaired) electrons. The molecule has 1 rings (SSSR count). The predicted molar refractivity (Wildman–Crippen MR) is 53.5 cm³/mol. The average molecular weight is 201 g/mol. The maximum atomic E-state index is 11.5. The molecular weight excluding hydrogens is 182 g/mol. The van der Waals surface area contributed by atoms with Crippen molar-refractivity contribution in [2.24, 2.45) is 5.84 Å². The minimum absolute atomic E-state index is 0.254. The molecule has 82 valence electrons. The number of carbonyl (C=O) groups excluding carboxylic acids is 1. The first-order valence-electron chi connectivity index (χ1n) is 4.75. The summed E-state index contributed by atoms with van der Waals surface area (Å²) in [4.78, 5) is 13.1. The van der Waals surface area contributed by atoms with Gasteiger partial charge in [0.05, 0.1) is 6.04 Å². The van der Waals surface area contributed by atoms with E-state index in [2.05, 4.69) is 0 Å². The van der Waals surface area contributed by atoms with Gasteiger partial charge in [0.25, 0.3) is 0 Å². The number of ether oxygens (including phenoxy) is 1. The number of hydrogen-bond acceptors (Lipinski definition) is 4. The van der Waals surface area contributed by atoms with E-state index < -0.39 is 5.60 Å². The van der Waals surface area contributed by atoms with Crippen LogP contribution in [0.5, 0.6) is 0 Å². The standard InChI is InChI=1S/C9H19N3O2/c1-9(2,3)14-8(13)12-5-7(6-12)11(4)10/h7H,5-6,10H2,1-4H3. The van der Waals surface area contributed by atoms with Crippen LogP contribution in [0.3, 0.4) is 0 Å². The Bertz CT molecular complexity index is 217. The Hall–Kier alpha value is -0.810. The lowest BCUT2D eigenvalue weighted by molar-refractivity contribution is -0.0108. The average Bonchev–Trinajstić information content (AvgIpc) is 1.75. The van der Waals surface area contributed by atoms with E-state index in [0.29, 0.717) is 13.1 Å². The summed E-state index contributed by atoms with van der Waals surface area (Å²) in [7, 11) is 1.80. The van der Waals surface area contributed by atoms with E-state index in [4.69, 9.17) is 10.6 Å². The number of carbonyl (C=O) groups is 1. The Labute approximate surface area is 84.8 Å². The van der Waals surface area contributed by atoms with Gasteiger partial charge in [0.15, 0.2) is 0 Å². The topological polar surface area (TPSA) is 58.8 Å². The maximum absolute atomic E-state index is 11.5. The molecule has 0 aromatic carbocycles. The van der Waals surface area contributed by atoms with E-state index in [-0.39, 0.29) is 12.1 Å². The molecule has 0 atom stereocenters. The third-order valence-electron chi connectivity index (χ3n) is 2.09. The molecule has 0 unspecified atom stereocenters. The molecule has 1 heterocycles. The minimum Gasteiger partial charge on any atom is -0.444 e. The molecule has 1 aliphatic heterocycles. The number of likely N-dealkylation sites (tertiary alicyclic amines) is 1. The largest absolute Gasteiger partial charge is 0.444 e. The maximum Gasteiger partial charge on any atom is 0.410 e. The molecule has 1 aliphatic rings. The normalized spacial score (nSPS) is 18.3. The second-order valence-electron chi connectivity index (χ2n) is 4.70. The van der Waals surface area contributed by atoms with Gasteiger partial charge in [-0.1, -0.05) is 0 Å². The van der Waals surface area contributed by atoms with Crippen LogP contribution in [0.1, 0.15) is 20.8 Å². The van der Waals surface area contributed by atoms with Crippen LogP contribution in [0, 0.1) is 0 Å². The van der Waals surface area contributed by atoms with Gasteiger partial charge < -0.3 is 9.64 Å². The molecule has 1 fully saturated rings. The summed E-state index contributed by atoms with van der Waals surface area (Å²) in [6.45, 7) is 6.88. The highest BCUT2D eigenvalue weighted by Gasteiger charge is 2.34. The minimum atomic E-state index is -0.420. The molecule has 0 aliphatic carbocycles. The Morgan fingerprint density at radius 2 is 2.00 bits per heavy atom. The molecule has 14 heavy (non-hydrogen) atoms. The summed E-state index contributed by atoms with van der Waals surface area (Å²) in [5.74, 6) is 5.54. The Balaban J connectivity index is 2.30. The van der Waals surface area contributed by atoms with Crippen molar-refractivity contribution >= 4 is 6.09 Å². The molecule has 1 saturated heterocycles. The van der Waals surface area contributed by atoms with Gasteiger partial charge in [-0.15, -0.1) is 0 Å². The first kappa shape index (κ1) is 11.3. The Morgan fingerprint density at radius 1 is 1.50 bits per heavy atom. The van der Waals surface area contributed by atoms with E-state index in [1.165, 1.54) is 0 Å². The number of hydrogen-bond donors (Lipinski definition) is 1. The van der Waals surface area contributed by atoms with Crippen molar-refractivity contribution in [3.63, 3.8) is 0 Å². The number of nitrogens with zero attached hydrogens (tertiary/aromatic N) is 2. The van der Waals surface area contributed by atoms with Crippen molar-refractivity contribution in [1.82, 2.24) is 9.91 Å². The van der Waals surface area contributed by atoms with E-state index in [9.17, 15) is 4.79 Å². The first-order chi connectivity index (χ1) is 6.29. The van der Waals surface area contributed by atoms with Crippen LogP contribution in [-0.4, -0.2) is 47.8 Å². The highest BCUT2D eigenvalue weighted by Crippen LogP contribution is 2.16. The van der Waals surface area contributed by atoms with Gasteiger partial charge >= 0.3 is 6.09 Å². The summed E-state index contributed by atoms with van der Waals surface area (Å²) < 4.78 is 5.20. The summed E-state index contributed by atoms with van der Waals surface area (Å²) in [5.41, 5.74) is -0.420. The summed E-state index contributed by atoms with van der Waals surface area (Å²) in [5, 5.41) is 1.63. The molecule has 5 nitrogen and oxygen atoms in total. The van der Waals surface area contributed by atoms with Gasteiger partial charge in [0.1, 0.15) is 5.60 Å². The Kier molecular flexibility index (Phi) is 3.01. The molecule has 1 amide bonds.